The highest BCUT2D eigenvalue weighted by Gasteiger charge is 2.13. The molecule has 0 spiro atoms. The first-order valence-corrected chi connectivity index (χ1v) is 8.98. The Hall–Kier alpha value is -2.28. The van der Waals surface area contributed by atoms with Crippen LogP contribution in [0.3, 0.4) is 0 Å². The lowest BCUT2D eigenvalue weighted by atomic mass is 10.3. The molecule has 0 unspecified atom stereocenters. The van der Waals surface area contributed by atoms with Crippen LogP contribution in [0.4, 0.5) is 5.69 Å². The van der Waals surface area contributed by atoms with Gasteiger partial charge in [-0.15, -0.1) is 17.8 Å². The number of carbonyl (C=O) groups is 1. The average molecular weight is 422 g/mol. The first-order chi connectivity index (χ1) is 11.5. The van der Waals surface area contributed by atoms with Crippen molar-refractivity contribution in [3.05, 3.63) is 53.9 Å². The Morgan fingerprint density at radius 2 is 2.17 bits per heavy atom. The first kappa shape index (κ1) is 16.6. The number of aromatic nitrogens is 1. The molecule has 0 aliphatic carbocycles. The van der Waals surface area contributed by atoms with Gasteiger partial charge in [0.2, 0.25) is 0 Å². The van der Waals surface area contributed by atoms with E-state index in [-0.39, 0.29) is 18.1 Å². The first-order valence-electron chi connectivity index (χ1n) is 6.55. The van der Waals surface area contributed by atoms with E-state index in [4.69, 9.17) is 6.42 Å². The van der Waals surface area contributed by atoms with E-state index in [0.717, 1.165) is 3.79 Å². The van der Waals surface area contributed by atoms with Gasteiger partial charge in [0.25, 0.3) is 11.6 Å². The van der Waals surface area contributed by atoms with Gasteiger partial charge >= 0.3 is 0 Å². The van der Waals surface area contributed by atoms with Crippen LogP contribution in [0.25, 0.3) is 10.2 Å². The van der Waals surface area contributed by atoms with Crippen molar-refractivity contribution in [3.63, 3.8) is 0 Å². The van der Waals surface area contributed by atoms with Crippen molar-refractivity contribution in [2.24, 2.45) is 4.99 Å². The number of hydrogen-bond acceptors (Lipinski definition) is 5. The normalized spacial score (nSPS) is 11.6. The maximum atomic E-state index is 12.3. The van der Waals surface area contributed by atoms with E-state index in [0.29, 0.717) is 19.9 Å². The molecule has 6 nitrogen and oxygen atoms in total. The predicted molar refractivity (Wildman–Crippen MR) is 97.2 cm³/mol. The minimum absolute atomic E-state index is 0.0170. The van der Waals surface area contributed by atoms with E-state index < -0.39 is 4.92 Å². The topological polar surface area (TPSA) is 77.5 Å². The summed E-state index contributed by atoms with van der Waals surface area (Å²) in [6.45, 7) is 0.220. The van der Waals surface area contributed by atoms with E-state index in [2.05, 4.69) is 26.8 Å². The molecule has 120 valence electrons. The molecule has 9 heteroatoms. The van der Waals surface area contributed by atoms with Crippen LogP contribution in [0.2, 0.25) is 0 Å². The Morgan fingerprint density at radius 1 is 1.38 bits per heavy atom. The van der Waals surface area contributed by atoms with Gasteiger partial charge in [-0.2, -0.15) is 4.99 Å². The molecular formula is C15H8BrN3O3S2. The summed E-state index contributed by atoms with van der Waals surface area (Å²) in [5.74, 6) is 2.14. The number of nitrogens with zero attached hydrogens (tertiary/aromatic N) is 3. The van der Waals surface area contributed by atoms with Gasteiger partial charge in [0, 0.05) is 12.1 Å². The quantitative estimate of drug-likeness (QED) is 0.366. The second kappa shape index (κ2) is 6.68. The third-order valence-electron chi connectivity index (χ3n) is 3.11. The zero-order chi connectivity index (χ0) is 17.3. The Balaban J connectivity index is 2.17. The van der Waals surface area contributed by atoms with E-state index in [9.17, 15) is 14.9 Å². The predicted octanol–water partition coefficient (Wildman–Crippen LogP) is 3.81. The molecule has 0 bridgehead atoms. The summed E-state index contributed by atoms with van der Waals surface area (Å²) >= 11 is 5.79. The van der Waals surface area contributed by atoms with Crippen molar-refractivity contribution in [3.8, 4) is 12.3 Å². The van der Waals surface area contributed by atoms with Gasteiger partial charge in [-0.1, -0.05) is 17.3 Å². The number of carbonyl (C=O) groups excluding carboxylic acids is 1. The van der Waals surface area contributed by atoms with Gasteiger partial charge in [0.15, 0.2) is 4.80 Å². The van der Waals surface area contributed by atoms with Crippen molar-refractivity contribution in [2.45, 2.75) is 6.54 Å². The van der Waals surface area contributed by atoms with Crippen LogP contribution in [0.5, 0.6) is 0 Å². The summed E-state index contributed by atoms with van der Waals surface area (Å²) in [7, 11) is 0. The van der Waals surface area contributed by atoms with Crippen molar-refractivity contribution in [1.29, 1.82) is 0 Å². The molecule has 0 saturated heterocycles. The van der Waals surface area contributed by atoms with Crippen molar-refractivity contribution >= 4 is 60.4 Å². The number of terminal acetylenes is 1. The SMILES string of the molecule is C#CCn1c(=NC(=O)c2ccc(Br)s2)sc2cc([N+](=O)[O-])ccc21. The van der Waals surface area contributed by atoms with E-state index >= 15 is 0 Å². The number of fused-ring (bicyclic) bond motifs is 1. The van der Waals surface area contributed by atoms with Crippen molar-refractivity contribution in [2.75, 3.05) is 0 Å². The second-order valence-electron chi connectivity index (χ2n) is 4.60. The molecule has 1 amide bonds. The molecule has 0 N–H and O–H groups in total. The molecular weight excluding hydrogens is 414 g/mol. The van der Waals surface area contributed by atoms with Crippen molar-refractivity contribution < 1.29 is 9.72 Å². The standard InChI is InChI=1S/C15H8BrN3O3S2/c1-2-7-18-10-4-3-9(19(21)22)8-12(10)24-15(18)17-14(20)11-5-6-13(16)23-11/h1,3-6,8H,7H2. The summed E-state index contributed by atoms with van der Waals surface area (Å²) in [6.07, 6.45) is 5.40. The van der Waals surface area contributed by atoms with Gasteiger partial charge in [-0.3, -0.25) is 14.9 Å². The molecule has 0 fully saturated rings. The molecule has 1 aromatic carbocycles. The molecule has 0 aliphatic rings. The smallest absolute Gasteiger partial charge is 0.289 e. The van der Waals surface area contributed by atoms with Gasteiger partial charge in [-0.05, 0) is 34.1 Å². The monoisotopic (exact) mass is 421 g/mol. The Bertz CT molecular complexity index is 1070. The van der Waals surface area contributed by atoms with Crippen molar-refractivity contribution in [1.82, 2.24) is 4.57 Å². The molecule has 2 heterocycles. The Labute approximate surface area is 152 Å². The highest BCUT2D eigenvalue weighted by molar-refractivity contribution is 9.11. The maximum Gasteiger partial charge on any atom is 0.289 e. The van der Waals surface area contributed by atoms with E-state index in [1.54, 1.807) is 22.8 Å². The van der Waals surface area contributed by atoms with Crippen LogP contribution in [0.15, 0.2) is 39.1 Å². The fraction of sp³-hybridized carbons (Fsp3) is 0.0667. The number of hydrogen-bond donors (Lipinski definition) is 0. The second-order valence-corrected chi connectivity index (χ2v) is 8.08. The van der Waals surface area contributed by atoms with Gasteiger partial charge in [0.05, 0.1) is 30.3 Å². The van der Waals surface area contributed by atoms with Gasteiger partial charge in [-0.25, -0.2) is 0 Å². The molecule has 0 saturated carbocycles. The molecule has 2 aromatic heterocycles. The number of thiazole rings is 1. The number of rotatable bonds is 3. The van der Waals surface area contributed by atoms with Crippen LogP contribution in [0.1, 0.15) is 9.67 Å². The van der Waals surface area contributed by atoms with Crippen LogP contribution in [0, 0.1) is 22.5 Å². The minimum Gasteiger partial charge on any atom is -0.305 e. The lowest BCUT2D eigenvalue weighted by Gasteiger charge is -1.99. The summed E-state index contributed by atoms with van der Waals surface area (Å²) in [4.78, 5) is 27.8. The zero-order valence-corrected chi connectivity index (χ0v) is 15.2. The molecule has 3 rings (SSSR count). The van der Waals surface area contributed by atoms with Crippen LogP contribution in [-0.2, 0) is 6.54 Å². The fourth-order valence-electron chi connectivity index (χ4n) is 2.08. The number of halogens is 1. The number of nitro benzene ring substituents is 1. The molecule has 0 atom stereocenters. The highest BCUT2D eigenvalue weighted by Crippen LogP contribution is 2.24. The molecule has 0 aliphatic heterocycles. The molecule has 24 heavy (non-hydrogen) atoms. The third-order valence-corrected chi connectivity index (χ3v) is 5.76. The summed E-state index contributed by atoms with van der Waals surface area (Å²) < 4.78 is 3.19. The van der Waals surface area contributed by atoms with Gasteiger partial charge < -0.3 is 4.57 Å². The zero-order valence-electron chi connectivity index (χ0n) is 11.9. The van der Waals surface area contributed by atoms with Crippen LogP contribution >= 0.6 is 38.6 Å². The lowest BCUT2D eigenvalue weighted by molar-refractivity contribution is -0.384. The Kier molecular flexibility index (Phi) is 4.62. The van der Waals surface area contributed by atoms with Crippen LogP contribution < -0.4 is 4.80 Å². The molecule has 0 radical (unpaired) electrons. The number of benzene rings is 1. The highest BCUT2D eigenvalue weighted by atomic mass is 79.9. The van der Waals surface area contributed by atoms with Crippen LogP contribution in [-0.4, -0.2) is 15.4 Å². The number of amides is 1. The molecule has 3 aromatic rings. The maximum absolute atomic E-state index is 12.3. The lowest BCUT2D eigenvalue weighted by Crippen LogP contribution is -2.16. The summed E-state index contributed by atoms with van der Waals surface area (Å²) in [6, 6.07) is 7.94. The third kappa shape index (κ3) is 3.17. The summed E-state index contributed by atoms with van der Waals surface area (Å²) in [5, 5.41) is 10.9. The number of thiophene rings is 1. The number of non-ortho nitro benzene ring substituents is 1. The van der Waals surface area contributed by atoms with Gasteiger partial charge in [0.1, 0.15) is 0 Å². The fourth-order valence-corrected chi connectivity index (χ4v) is 4.41. The average Bonchev–Trinajstić information content (AvgIpc) is 3.11. The van der Waals surface area contributed by atoms with E-state index in [1.807, 2.05) is 0 Å². The minimum atomic E-state index is -0.462. The largest absolute Gasteiger partial charge is 0.305 e. The summed E-state index contributed by atoms with van der Waals surface area (Å²) in [5.41, 5.74) is 0.694. The number of nitro groups is 1. The van der Waals surface area contributed by atoms with E-state index in [1.165, 1.54) is 34.8 Å². The Morgan fingerprint density at radius 3 is 2.79 bits per heavy atom.